The van der Waals surface area contributed by atoms with Crippen molar-refractivity contribution in [2.75, 3.05) is 11.1 Å². The van der Waals surface area contributed by atoms with Crippen molar-refractivity contribution in [1.82, 2.24) is 9.55 Å². The van der Waals surface area contributed by atoms with Crippen molar-refractivity contribution in [2.24, 2.45) is 0 Å². The van der Waals surface area contributed by atoms with Gasteiger partial charge in [0.1, 0.15) is 5.82 Å². The van der Waals surface area contributed by atoms with Crippen molar-refractivity contribution < 1.29 is 0 Å². The molecule has 0 saturated heterocycles. The lowest BCUT2D eigenvalue weighted by Gasteiger charge is -2.11. The Bertz CT molecular complexity index is 493. The van der Waals surface area contributed by atoms with Gasteiger partial charge < -0.3 is 9.88 Å². The van der Waals surface area contributed by atoms with Gasteiger partial charge in [0, 0.05) is 29.5 Å². The molecule has 0 aliphatic rings. The molecule has 96 valence electrons. The Morgan fingerprint density at radius 3 is 2.89 bits per heavy atom. The highest BCUT2D eigenvalue weighted by Crippen LogP contribution is 2.26. The van der Waals surface area contributed by atoms with E-state index in [0.29, 0.717) is 0 Å². The third kappa shape index (κ3) is 3.07. The normalized spacial score (nSPS) is 10.6. The third-order valence-electron chi connectivity index (χ3n) is 2.77. The summed E-state index contributed by atoms with van der Waals surface area (Å²) in [6.07, 6.45) is 3.87. The minimum Gasteiger partial charge on any atom is -0.377 e. The monoisotopic (exact) mass is 261 g/mol. The van der Waals surface area contributed by atoms with Gasteiger partial charge in [0.05, 0.1) is 6.54 Å². The molecule has 2 aromatic rings. The molecule has 0 unspecified atom stereocenters. The Kier molecular flexibility index (Phi) is 4.70. The Balaban J connectivity index is 2.06. The van der Waals surface area contributed by atoms with E-state index in [0.717, 1.165) is 24.7 Å². The number of hydrogen-bond donors (Lipinski definition) is 1. The molecule has 0 aliphatic carbocycles. The summed E-state index contributed by atoms with van der Waals surface area (Å²) >= 11 is 1.86. The van der Waals surface area contributed by atoms with Crippen molar-refractivity contribution in [3.8, 4) is 0 Å². The highest BCUT2D eigenvalue weighted by molar-refractivity contribution is 7.99. The Hall–Kier alpha value is -1.42. The number of benzene rings is 1. The van der Waals surface area contributed by atoms with Gasteiger partial charge in [-0.25, -0.2) is 4.98 Å². The first-order valence-corrected chi connectivity index (χ1v) is 7.29. The number of rotatable bonds is 6. The zero-order valence-electron chi connectivity index (χ0n) is 10.9. The second-order valence-corrected chi connectivity index (χ2v) is 5.22. The van der Waals surface area contributed by atoms with Crippen molar-refractivity contribution in [1.29, 1.82) is 0 Å². The molecule has 1 aromatic heterocycles. The van der Waals surface area contributed by atoms with E-state index in [-0.39, 0.29) is 0 Å². The lowest BCUT2D eigenvalue weighted by molar-refractivity contribution is 0.707. The summed E-state index contributed by atoms with van der Waals surface area (Å²) in [5.41, 5.74) is 1.19. The fraction of sp³-hybridized carbons (Fsp3) is 0.357. The lowest BCUT2D eigenvalue weighted by Crippen LogP contribution is -2.08. The maximum absolute atomic E-state index is 4.37. The van der Waals surface area contributed by atoms with Crippen LogP contribution in [0.15, 0.2) is 41.6 Å². The third-order valence-corrected chi connectivity index (χ3v) is 3.72. The highest BCUT2D eigenvalue weighted by Gasteiger charge is 2.04. The summed E-state index contributed by atoms with van der Waals surface area (Å²) in [5, 5.41) is 3.47. The minimum atomic E-state index is 0.766. The number of aromatic nitrogens is 2. The molecule has 0 bridgehead atoms. The molecular weight excluding hydrogens is 242 g/mol. The first kappa shape index (κ1) is 13.0. The molecule has 1 aromatic carbocycles. The van der Waals surface area contributed by atoms with Crippen molar-refractivity contribution in [3.63, 3.8) is 0 Å². The molecule has 0 saturated carbocycles. The molecule has 0 aliphatic heterocycles. The van der Waals surface area contributed by atoms with E-state index < -0.39 is 0 Å². The number of nitrogens with one attached hydrogen (secondary N) is 1. The average Bonchev–Trinajstić information content (AvgIpc) is 2.85. The van der Waals surface area contributed by atoms with E-state index in [1.165, 1.54) is 10.6 Å². The first-order valence-electron chi connectivity index (χ1n) is 6.30. The lowest BCUT2D eigenvalue weighted by atomic mass is 10.3. The van der Waals surface area contributed by atoms with Crippen LogP contribution in [0.3, 0.4) is 0 Å². The van der Waals surface area contributed by atoms with Crippen LogP contribution in [0.2, 0.25) is 0 Å². The SMILES string of the molecule is CCSc1ccccc1NCc1nccn1CC. The van der Waals surface area contributed by atoms with Gasteiger partial charge in [-0.15, -0.1) is 11.8 Å². The largest absolute Gasteiger partial charge is 0.377 e. The minimum absolute atomic E-state index is 0.766. The average molecular weight is 261 g/mol. The van der Waals surface area contributed by atoms with E-state index in [1.54, 1.807) is 0 Å². The van der Waals surface area contributed by atoms with Gasteiger partial charge in [-0.2, -0.15) is 0 Å². The van der Waals surface area contributed by atoms with Crippen LogP contribution in [0, 0.1) is 0 Å². The van der Waals surface area contributed by atoms with Crippen LogP contribution < -0.4 is 5.32 Å². The Labute approximate surface area is 113 Å². The zero-order chi connectivity index (χ0) is 12.8. The molecule has 0 spiro atoms. The van der Waals surface area contributed by atoms with Crippen molar-refractivity contribution in [3.05, 3.63) is 42.5 Å². The molecule has 1 heterocycles. The van der Waals surface area contributed by atoms with Gasteiger partial charge in [-0.05, 0) is 24.8 Å². The standard InChI is InChI=1S/C14H19N3S/c1-3-17-10-9-15-14(17)11-16-12-7-5-6-8-13(12)18-4-2/h5-10,16H,3-4,11H2,1-2H3. The number of aryl methyl sites for hydroxylation is 1. The van der Waals surface area contributed by atoms with E-state index in [1.807, 2.05) is 24.2 Å². The van der Waals surface area contributed by atoms with Gasteiger partial charge in [-0.1, -0.05) is 19.1 Å². The molecule has 2 rings (SSSR count). The predicted molar refractivity (Wildman–Crippen MR) is 78.1 cm³/mol. The van der Waals surface area contributed by atoms with E-state index in [9.17, 15) is 0 Å². The Morgan fingerprint density at radius 1 is 1.28 bits per heavy atom. The van der Waals surface area contributed by atoms with Gasteiger partial charge in [0.25, 0.3) is 0 Å². The number of para-hydroxylation sites is 1. The number of imidazole rings is 1. The quantitative estimate of drug-likeness (QED) is 0.805. The van der Waals surface area contributed by atoms with Gasteiger partial charge >= 0.3 is 0 Å². The number of anilines is 1. The first-order chi connectivity index (χ1) is 8.85. The number of hydrogen-bond acceptors (Lipinski definition) is 3. The van der Waals surface area contributed by atoms with Crippen LogP contribution in [0.4, 0.5) is 5.69 Å². The van der Waals surface area contributed by atoms with Gasteiger partial charge in [0.15, 0.2) is 0 Å². The topological polar surface area (TPSA) is 29.9 Å². The van der Waals surface area contributed by atoms with E-state index in [2.05, 4.69) is 53.0 Å². The molecular formula is C14H19N3S. The molecule has 0 atom stereocenters. The number of nitrogens with zero attached hydrogens (tertiary/aromatic N) is 2. The smallest absolute Gasteiger partial charge is 0.128 e. The Morgan fingerprint density at radius 2 is 2.11 bits per heavy atom. The highest BCUT2D eigenvalue weighted by atomic mass is 32.2. The molecule has 3 nitrogen and oxygen atoms in total. The molecule has 0 radical (unpaired) electrons. The summed E-state index contributed by atoms with van der Waals surface area (Å²) in [5.74, 6) is 2.16. The van der Waals surface area contributed by atoms with E-state index >= 15 is 0 Å². The molecule has 4 heteroatoms. The zero-order valence-corrected chi connectivity index (χ0v) is 11.7. The van der Waals surface area contributed by atoms with Crippen LogP contribution in [0.1, 0.15) is 19.7 Å². The van der Waals surface area contributed by atoms with Gasteiger partial charge in [0.2, 0.25) is 0 Å². The van der Waals surface area contributed by atoms with Crippen LogP contribution in [-0.2, 0) is 13.1 Å². The van der Waals surface area contributed by atoms with Crippen LogP contribution in [0.25, 0.3) is 0 Å². The second kappa shape index (κ2) is 6.50. The van der Waals surface area contributed by atoms with Crippen LogP contribution in [0.5, 0.6) is 0 Å². The summed E-state index contributed by atoms with van der Waals surface area (Å²) in [7, 11) is 0. The summed E-state index contributed by atoms with van der Waals surface area (Å²) in [6.45, 7) is 6.03. The summed E-state index contributed by atoms with van der Waals surface area (Å²) < 4.78 is 2.16. The molecule has 0 fully saturated rings. The second-order valence-electron chi connectivity index (χ2n) is 3.91. The summed E-state index contributed by atoms with van der Waals surface area (Å²) in [4.78, 5) is 5.67. The van der Waals surface area contributed by atoms with Crippen LogP contribution >= 0.6 is 11.8 Å². The fourth-order valence-electron chi connectivity index (χ4n) is 1.86. The number of thioether (sulfide) groups is 1. The molecule has 1 N–H and O–H groups in total. The van der Waals surface area contributed by atoms with Crippen molar-refractivity contribution >= 4 is 17.4 Å². The molecule has 18 heavy (non-hydrogen) atoms. The fourth-order valence-corrected chi connectivity index (χ4v) is 2.64. The maximum atomic E-state index is 4.37. The summed E-state index contributed by atoms with van der Waals surface area (Å²) in [6, 6.07) is 8.42. The van der Waals surface area contributed by atoms with Crippen molar-refractivity contribution in [2.45, 2.75) is 31.8 Å². The maximum Gasteiger partial charge on any atom is 0.128 e. The van der Waals surface area contributed by atoms with Crippen LogP contribution in [-0.4, -0.2) is 15.3 Å². The predicted octanol–water partition coefficient (Wildman–Crippen LogP) is 3.63. The van der Waals surface area contributed by atoms with E-state index in [4.69, 9.17) is 0 Å². The molecule has 0 amide bonds. The van der Waals surface area contributed by atoms with Gasteiger partial charge in [-0.3, -0.25) is 0 Å².